The first-order valence-electron chi connectivity index (χ1n) is 6.77. The molecule has 21 heavy (non-hydrogen) atoms. The van der Waals surface area contributed by atoms with Crippen LogP contribution in [0.4, 0.5) is 0 Å². The molecule has 1 fully saturated rings. The zero-order valence-corrected chi connectivity index (χ0v) is 12.3. The zero-order chi connectivity index (χ0) is 14.8. The molecule has 7 heteroatoms. The fraction of sp³-hybridized carbons (Fsp3) is 0.357. The number of nitrogens with zero attached hydrogens (tertiary/aromatic N) is 1. The maximum absolute atomic E-state index is 11.9. The lowest BCUT2D eigenvalue weighted by Crippen LogP contribution is -2.38. The molecule has 1 aromatic carbocycles. The van der Waals surface area contributed by atoms with Crippen LogP contribution in [0.25, 0.3) is 11.0 Å². The Balaban J connectivity index is 1.95. The summed E-state index contributed by atoms with van der Waals surface area (Å²) in [6.45, 7) is 2.11. The van der Waals surface area contributed by atoms with Gasteiger partial charge in [0.25, 0.3) is 0 Å². The van der Waals surface area contributed by atoms with E-state index in [2.05, 4.69) is 10.3 Å². The molecule has 1 aliphatic heterocycles. The maximum atomic E-state index is 11.9. The number of benzene rings is 1. The van der Waals surface area contributed by atoms with Gasteiger partial charge in [-0.05, 0) is 6.07 Å². The normalized spacial score (nSPS) is 17.2. The van der Waals surface area contributed by atoms with Crippen LogP contribution in [0.3, 0.4) is 0 Å². The Kier molecular flexibility index (Phi) is 4.05. The predicted octanol–water partition coefficient (Wildman–Crippen LogP) is 0.601. The van der Waals surface area contributed by atoms with Crippen LogP contribution in [0.2, 0.25) is 0 Å². The van der Waals surface area contributed by atoms with Crippen LogP contribution in [0.1, 0.15) is 16.1 Å². The van der Waals surface area contributed by atoms with Gasteiger partial charge < -0.3 is 4.42 Å². The van der Waals surface area contributed by atoms with E-state index in [9.17, 15) is 9.00 Å². The third-order valence-corrected chi connectivity index (χ3v) is 4.96. The van der Waals surface area contributed by atoms with E-state index in [0.717, 1.165) is 24.0 Å². The van der Waals surface area contributed by atoms with Gasteiger partial charge in [0.2, 0.25) is 0 Å². The Morgan fingerprint density at radius 1 is 1.33 bits per heavy atom. The minimum Gasteiger partial charge on any atom is -0.451 e. The molecule has 3 rings (SSSR count). The highest BCUT2D eigenvalue weighted by Crippen LogP contribution is 2.27. The van der Waals surface area contributed by atoms with Crippen molar-refractivity contribution in [1.29, 1.82) is 0 Å². The topological polar surface area (TPSA) is 88.6 Å². The Morgan fingerprint density at radius 3 is 2.76 bits per heavy atom. The lowest BCUT2D eigenvalue weighted by Gasteiger charge is -2.25. The number of nitrogens with two attached hydrogens (primary N) is 1. The number of hydrogen-bond donors (Lipinski definition) is 2. The summed E-state index contributed by atoms with van der Waals surface area (Å²) >= 11 is 0. The van der Waals surface area contributed by atoms with Gasteiger partial charge in [-0.2, -0.15) is 0 Å². The molecular weight excluding hydrogens is 290 g/mol. The Morgan fingerprint density at radius 2 is 2.05 bits per heavy atom. The monoisotopic (exact) mass is 307 g/mol. The average Bonchev–Trinajstić information content (AvgIpc) is 2.88. The standard InChI is InChI=1S/C14H17N3O3S/c15-16-14(18)13-11(9-17-5-7-21(19)8-6-17)10-3-1-2-4-12(10)20-13/h1-4H,5-9,15H2,(H,16,18). The first-order valence-corrected chi connectivity index (χ1v) is 8.26. The van der Waals surface area contributed by atoms with Crippen LogP contribution in [-0.4, -0.2) is 39.6 Å². The van der Waals surface area contributed by atoms with E-state index in [0.29, 0.717) is 23.6 Å². The smallest absolute Gasteiger partial charge is 0.301 e. The first kappa shape index (κ1) is 14.2. The van der Waals surface area contributed by atoms with Gasteiger partial charge >= 0.3 is 5.91 Å². The molecule has 2 aromatic rings. The number of amides is 1. The molecule has 0 unspecified atom stereocenters. The largest absolute Gasteiger partial charge is 0.451 e. The molecule has 1 saturated heterocycles. The van der Waals surface area contributed by atoms with Gasteiger partial charge in [-0.15, -0.1) is 0 Å². The van der Waals surface area contributed by atoms with Gasteiger partial charge in [0, 0.05) is 52.9 Å². The van der Waals surface area contributed by atoms with Crippen LogP contribution < -0.4 is 11.3 Å². The molecule has 3 N–H and O–H groups in total. The fourth-order valence-electron chi connectivity index (χ4n) is 2.56. The molecule has 0 radical (unpaired) electrons. The van der Waals surface area contributed by atoms with Gasteiger partial charge in [-0.1, -0.05) is 18.2 Å². The Hall–Kier alpha value is -1.70. The molecule has 1 aliphatic rings. The van der Waals surface area contributed by atoms with Crippen molar-refractivity contribution in [1.82, 2.24) is 10.3 Å². The number of fused-ring (bicyclic) bond motifs is 1. The highest BCUT2D eigenvalue weighted by molar-refractivity contribution is 7.85. The van der Waals surface area contributed by atoms with Crippen molar-refractivity contribution in [3.05, 3.63) is 35.6 Å². The average molecular weight is 307 g/mol. The summed E-state index contributed by atoms with van der Waals surface area (Å²) in [6, 6.07) is 7.54. The summed E-state index contributed by atoms with van der Waals surface area (Å²) in [5.41, 5.74) is 3.63. The number of hydrogen-bond acceptors (Lipinski definition) is 5. The number of carbonyl (C=O) groups is 1. The molecule has 0 atom stereocenters. The molecule has 0 bridgehead atoms. The third-order valence-electron chi connectivity index (χ3n) is 3.69. The quantitative estimate of drug-likeness (QED) is 0.492. The number of nitrogens with one attached hydrogen (secondary N) is 1. The molecule has 112 valence electrons. The van der Waals surface area contributed by atoms with Crippen LogP contribution in [0.15, 0.2) is 28.7 Å². The van der Waals surface area contributed by atoms with Crippen molar-refractivity contribution in [2.45, 2.75) is 6.54 Å². The molecule has 0 aliphatic carbocycles. The van der Waals surface area contributed by atoms with E-state index >= 15 is 0 Å². The minimum atomic E-state index is -0.717. The Labute approximate surface area is 124 Å². The van der Waals surface area contributed by atoms with Gasteiger partial charge in [0.1, 0.15) is 5.58 Å². The SMILES string of the molecule is NNC(=O)c1oc2ccccc2c1CN1CCS(=O)CC1. The summed E-state index contributed by atoms with van der Waals surface area (Å²) in [6.07, 6.45) is 0. The fourth-order valence-corrected chi connectivity index (χ4v) is 3.69. The van der Waals surface area contributed by atoms with Crippen molar-refractivity contribution < 1.29 is 13.4 Å². The van der Waals surface area contributed by atoms with Gasteiger partial charge in [0.05, 0.1) is 0 Å². The predicted molar refractivity (Wildman–Crippen MR) is 81.0 cm³/mol. The molecular formula is C14H17N3O3S. The second-order valence-corrected chi connectivity index (χ2v) is 6.70. The third kappa shape index (κ3) is 2.85. The first-order chi connectivity index (χ1) is 10.2. The molecule has 6 nitrogen and oxygen atoms in total. The second-order valence-electron chi connectivity index (χ2n) is 5.00. The van der Waals surface area contributed by atoms with Crippen molar-refractivity contribution >= 4 is 27.7 Å². The lowest BCUT2D eigenvalue weighted by atomic mass is 10.1. The highest BCUT2D eigenvalue weighted by atomic mass is 32.2. The van der Waals surface area contributed by atoms with E-state index < -0.39 is 16.7 Å². The van der Waals surface area contributed by atoms with E-state index in [1.807, 2.05) is 24.3 Å². The zero-order valence-electron chi connectivity index (χ0n) is 11.5. The number of furan rings is 1. The number of rotatable bonds is 3. The van der Waals surface area contributed by atoms with E-state index in [1.54, 1.807) is 0 Å². The maximum Gasteiger partial charge on any atom is 0.301 e. The van der Waals surface area contributed by atoms with Gasteiger partial charge in [0.15, 0.2) is 5.76 Å². The summed E-state index contributed by atoms with van der Waals surface area (Å²) < 4.78 is 17.1. The van der Waals surface area contributed by atoms with Gasteiger partial charge in [-0.25, -0.2) is 5.84 Å². The Bertz CT molecular complexity index is 688. The van der Waals surface area contributed by atoms with Crippen molar-refractivity contribution in [2.24, 2.45) is 5.84 Å². The minimum absolute atomic E-state index is 0.255. The highest BCUT2D eigenvalue weighted by Gasteiger charge is 2.23. The molecule has 0 spiro atoms. The molecule has 0 saturated carbocycles. The van der Waals surface area contributed by atoms with E-state index in [-0.39, 0.29) is 5.76 Å². The molecule has 2 heterocycles. The van der Waals surface area contributed by atoms with Crippen LogP contribution in [0.5, 0.6) is 0 Å². The molecule has 1 aromatic heterocycles. The van der Waals surface area contributed by atoms with E-state index in [4.69, 9.17) is 10.3 Å². The lowest BCUT2D eigenvalue weighted by molar-refractivity contribution is 0.0925. The second kappa shape index (κ2) is 5.97. The number of para-hydroxylation sites is 1. The van der Waals surface area contributed by atoms with Crippen LogP contribution in [0, 0.1) is 0 Å². The molecule has 1 amide bonds. The summed E-state index contributed by atoms with van der Waals surface area (Å²) in [4.78, 5) is 14.1. The van der Waals surface area contributed by atoms with Crippen molar-refractivity contribution in [3.8, 4) is 0 Å². The van der Waals surface area contributed by atoms with Gasteiger partial charge in [-0.3, -0.25) is 19.3 Å². The number of hydrazine groups is 1. The van der Waals surface area contributed by atoms with Crippen molar-refractivity contribution in [3.63, 3.8) is 0 Å². The number of nitrogen functional groups attached to an aromatic ring is 1. The van der Waals surface area contributed by atoms with E-state index in [1.165, 1.54) is 0 Å². The number of carbonyl (C=O) groups excluding carboxylic acids is 1. The summed E-state index contributed by atoms with van der Waals surface area (Å²) in [5.74, 6) is 6.41. The summed E-state index contributed by atoms with van der Waals surface area (Å²) in [5, 5.41) is 0.919. The van der Waals surface area contributed by atoms with Crippen LogP contribution in [-0.2, 0) is 17.3 Å². The van der Waals surface area contributed by atoms with Crippen molar-refractivity contribution in [2.75, 3.05) is 24.6 Å². The summed E-state index contributed by atoms with van der Waals surface area (Å²) in [7, 11) is -0.717. The van der Waals surface area contributed by atoms with Crippen LogP contribution >= 0.6 is 0 Å².